The van der Waals surface area contributed by atoms with Crippen LogP contribution in [-0.2, 0) is 18.8 Å². The number of unbranched alkanes of at least 4 members (excludes halogenated alkanes) is 1. The molecule has 1 amide bonds. The molecule has 0 unspecified atom stereocenters. The van der Waals surface area contributed by atoms with E-state index in [1.807, 2.05) is 0 Å². The van der Waals surface area contributed by atoms with E-state index in [2.05, 4.69) is 12.2 Å². The van der Waals surface area contributed by atoms with Gasteiger partial charge in [-0.3, -0.25) is 9.59 Å². The maximum absolute atomic E-state index is 12.9. The molecule has 6 nitrogen and oxygen atoms in total. The number of carbonyl (C=O) groups is 1. The van der Waals surface area contributed by atoms with E-state index < -0.39 is 0 Å². The van der Waals surface area contributed by atoms with Crippen molar-refractivity contribution < 1.29 is 9.53 Å². The van der Waals surface area contributed by atoms with Gasteiger partial charge in [-0.1, -0.05) is 24.9 Å². The Hall–Kier alpha value is -1.79. The molecule has 1 fully saturated rings. The van der Waals surface area contributed by atoms with Crippen LogP contribution < -0.4 is 10.9 Å². The third-order valence-electron chi connectivity index (χ3n) is 5.35. The van der Waals surface area contributed by atoms with Gasteiger partial charge in [-0.05, 0) is 32.1 Å². The molecule has 2 aromatic heterocycles. The van der Waals surface area contributed by atoms with Gasteiger partial charge < -0.3 is 19.2 Å². The summed E-state index contributed by atoms with van der Waals surface area (Å²) in [6.07, 6.45) is 9.50. The van der Waals surface area contributed by atoms with Gasteiger partial charge in [0.15, 0.2) is 0 Å². The number of aromatic nitrogens is 2. The van der Waals surface area contributed by atoms with Crippen molar-refractivity contribution in [2.24, 2.45) is 14.1 Å². The summed E-state index contributed by atoms with van der Waals surface area (Å²) >= 11 is 6.29. The molecule has 0 spiro atoms. The Balaban J connectivity index is 1.70. The van der Waals surface area contributed by atoms with E-state index in [0.717, 1.165) is 45.1 Å². The summed E-state index contributed by atoms with van der Waals surface area (Å²) in [5.74, 6) is -0.213. The first-order valence-electron chi connectivity index (χ1n) is 9.69. The van der Waals surface area contributed by atoms with Crippen molar-refractivity contribution in [2.45, 2.75) is 57.6 Å². The van der Waals surface area contributed by atoms with Crippen LogP contribution >= 0.6 is 11.6 Å². The number of nitrogens with zero attached hydrogens (tertiary/aromatic N) is 2. The molecule has 2 aromatic rings. The molecular weight excluding hydrogens is 366 g/mol. The maximum atomic E-state index is 12.9. The second-order valence-corrected chi connectivity index (χ2v) is 7.85. The van der Waals surface area contributed by atoms with Gasteiger partial charge in [0.1, 0.15) is 0 Å². The zero-order valence-corrected chi connectivity index (χ0v) is 17.0. The Morgan fingerprint density at radius 2 is 1.93 bits per heavy atom. The van der Waals surface area contributed by atoms with Crippen molar-refractivity contribution in [3.05, 3.63) is 33.3 Å². The van der Waals surface area contributed by atoms with Gasteiger partial charge in [-0.15, -0.1) is 0 Å². The van der Waals surface area contributed by atoms with Crippen LogP contribution in [0.3, 0.4) is 0 Å². The molecule has 0 radical (unpaired) electrons. The standard InChI is InChI=1S/C20H28ClN3O3/c1-4-5-10-27-14-8-6-13(7-9-14)22-19(25)15-11-23(2)18-16(21)12-24(3)20(26)17(15)18/h11-14H,4-10H2,1-3H3,(H,22,25)/t13-,14-. The van der Waals surface area contributed by atoms with Crippen molar-refractivity contribution in [1.29, 1.82) is 0 Å². The Morgan fingerprint density at radius 1 is 1.22 bits per heavy atom. The number of pyridine rings is 1. The Bertz CT molecular complexity index is 879. The number of fused-ring (bicyclic) bond motifs is 1. The fraction of sp³-hybridized carbons (Fsp3) is 0.600. The van der Waals surface area contributed by atoms with Crippen LogP contribution in [0.4, 0.5) is 0 Å². The minimum Gasteiger partial charge on any atom is -0.378 e. The SMILES string of the molecule is CCCCO[C@H]1CC[C@H](NC(=O)c2cn(C)c3c(Cl)cn(C)c(=O)c23)CC1. The van der Waals surface area contributed by atoms with Crippen molar-refractivity contribution in [1.82, 2.24) is 14.5 Å². The molecule has 1 aliphatic rings. The summed E-state index contributed by atoms with van der Waals surface area (Å²) in [4.78, 5) is 25.4. The minimum absolute atomic E-state index is 0.113. The molecule has 1 N–H and O–H groups in total. The first kappa shape index (κ1) is 20.0. The average Bonchev–Trinajstić information content (AvgIpc) is 2.99. The van der Waals surface area contributed by atoms with Crippen LogP contribution in [0.2, 0.25) is 5.02 Å². The van der Waals surface area contributed by atoms with Crippen molar-refractivity contribution in [3.8, 4) is 0 Å². The van der Waals surface area contributed by atoms with Gasteiger partial charge >= 0.3 is 0 Å². The number of hydrogen-bond acceptors (Lipinski definition) is 3. The Labute approximate surface area is 164 Å². The fourth-order valence-electron chi connectivity index (χ4n) is 3.80. The number of halogens is 1. The molecule has 0 bridgehead atoms. The lowest BCUT2D eigenvalue weighted by atomic mass is 9.92. The van der Waals surface area contributed by atoms with Crippen molar-refractivity contribution in [3.63, 3.8) is 0 Å². The summed E-state index contributed by atoms with van der Waals surface area (Å²) in [5, 5.41) is 3.93. The molecule has 27 heavy (non-hydrogen) atoms. The van der Waals surface area contributed by atoms with Crippen LogP contribution in [0, 0.1) is 0 Å². The largest absolute Gasteiger partial charge is 0.378 e. The molecule has 0 aromatic carbocycles. The normalized spacial score (nSPS) is 20.1. The minimum atomic E-state index is -0.215. The number of ether oxygens (including phenoxy) is 1. The van der Waals surface area contributed by atoms with Gasteiger partial charge in [0.2, 0.25) is 0 Å². The first-order chi connectivity index (χ1) is 12.9. The van der Waals surface area contributed by atoms with E-state index in [0.29, 0.717) is 27.6 Å². The molecule has 0 atom stereocenters. The van der Waals surface area contributed by atoms with E-state index in [1.54, 1.807) is 31.1 Å². The predicted octanol–water partition coefficient (Wildman–Crippen LogP) is 3.39. The molecule has 0 aliphatic heterocycles. The van der Waals surface area contributed by atoms with E-state index >= 15 is 0 Å². The third kappa shape index (κ3) is 4.22. The van der Waals surface area contributed by atoms with Crippen LogP contribution in [0.1, 0.15) is 55.8 Å². The lowest BCUT2D eigenvalue weighted by molar-refractivity contribution is 0.0209. The highest BCUT2D eigenvalue weighted by molar-refractivity contribution is 6.35. The molecule has 0 saturated heterocycles. The lowest BCUT2D eigenvalue weighted by Gasteiger charge is -2.29. The van der Waals surface area contributed by atoms with Crippen molar-refractivity contribution in [2.75, 3.05) is 6.61 Å². The predicted molar refractivity (Wildman–Crippen MR) is 108 cm³/mol. The molecule has 148 valence electrons. The lowest BCUT2D eigenvalue weighted by Crippen LogP contribution is -2.39. The second kappa shape index (κ2) is 8.48. The number of carbonyl (C=O) groups excluding carboxylic acids is 1. The summed E-state index contributed by atoms with van der Waals surface area (Å²) in [6, 6.07) is 0.113. The van der Waals surface area contributed by atoms with E-state index in [-0.39, 0.29) is 17.5 Å². The Morgan fingerprint density at radius 3 is 2.59 bits per heavy atom. The second-order valence-electron chi connectivity index (χ2n) is 7.44. The highest BCUT2D eigenvalue weighted by Crippen LogP contribution is 2.26. The molecule has 7 heteroatoms. The van der Waals surface area contributed by atoms with E-state index in [1.165, 1.54) is 4.57 Å². The topological polar surface area (TPSA) is 65.3 Å². The number of amides is 1. The van der Waals surface area contributed by atoms with Gasteiger partial charge in [0.05, 0.1) is 27.6 Å². The van der Waals surface area contributed by atoms with Gasteiger partial charge in [-0.25, -0.2) is 0 Å². The van der Waals surface area contributed by atoms with E-state index in [4.69, 9.17) is 16.3 Å². The smallest absolute Gasteiger partial charge is 0.260 e. The zero-order valence-electron chi connectivity index (χ0n) is 16.3. The number of nitrogens with one attached hydrogen (secondary N) is 1. The third-order valence-corrected chi connectivity index (χ3v) is 5.63. The number of rotatable bonds is 6. The monoisotopic (exact) mass is 393 g/mol. The van der Waals surface area contributed by atoms with Crippen LogP contribution in [0.25, 0.3) is 10.9 Å². The molecule has 2 heterocycles. The van der Waals surface area contributed by atoms with Crippen LogP contribution in [0.15, 0.2) is 17.2 Å². The van der Waals surface area contributed by atoms with Crippen LogP contribution in [-0.4, -0.2) is 33.8 Å². The average molecular weight is 394 g/mol. The van der Waals surface area contributed by atoms with Gasteiger partial charge in [-0.2, -0.15) is 0 Å². The first-order valence-corrected chi connectivity index (χ1v) is 10.1. The number of aryl methyl sites for hydroxylation is 2. The highest BCUT2D eigenvalue weighted by Gasteiger charge is 2.25. The fourth-order valence-corrected chi connectivity index (χ4v) is 4.17. The maximum Gasteiger partial charge on any atom is 0.260 e. The summed E-state index contributed by atoms with van der Waals surface area (Å²) in [5.41, 5.74) is 0.767. The van der Waals surface area contributed by atoms with Crippen LogP contribution in [0.5, 0.6) is 0 Å². The number of hydrogen-bond donors (Lipinski definition) is 1. The molecular formula is C20H28ClN3O3. The van der Waals surface area contributed by atoms with E-state index in [9.17, 15) is 9.59 Å². The molecule has 1 aliphatic carbocycles. The van der Waals surface area contributed by atoms with Gasteiger partial charge in [0, 0.05) is 39.1 Å². The summed E-state index contributed by atoms with van der Waals surface area (Å²) in [7, 11) is 3.44. The summed E-state index contributed by atoms with van der Waals surface area (Å²) in [6.45, 7) is 2.97. The zero-order chi connectivity index (χ0) is 19.6. The highest BCUT2D eigenvalue weighted by atomic mass is 35.5. The molecule has 3 rings (SSSR count). The van der Waals surface area contributed by atoms with Crippen molar-refractivity contribution >= 4 is 28.4 Å². The molecule has 1 saturated carbocycles. The summed E-state index contributed by atoms with van der Waals surface area (Å²) < 4.78 is 9.05. The Kier molecular flexibility index (Phi) is 6.27. The van der Waals surface area contributed by atoms with Gasteiger partial charge in [0.25, 0.3) is 11.5 Å². The quantitative estimate of drug-likeness (QED) is 0.765.